The number of primary amides is 1. The van der Waals surface area contributed by atoms with E-state index in [1.165, 1.54) is 37.5 Å². The largest absolute Gasteiger partial charge is 0.366 e. The summed E-state index contributed by atoms with van der Waals surface area (Å²) in [5, 5.41) is 10.1. The van der Waals surface area contributed by atoms with E-state index in [9.17, 15) is 18.8 Å². The number of nitrogens with two attached hydrogens (primary N) is 1. The molecule has 4 rings (SSSR count). The number of rotatable bonds is 6. The number of halogens is 1. The molecular formula is C24H22FN7O3. The van der Waals surface area contributed by atoms with Crippen molar-refractivity contribution in [2.24, 2.45) is 5.73 Å². The lowest BCUT2D eigenvalue weighted by Gasteiger charge is -2.11. The number of fused-ring (bicyclic) bond motifs is 1. The van der Waals surface area contributed by atoms with Crippen molar-refractivity contribution in [1.82, 2.24) is 25.1 Å². The Morgan fingerprint density at radius 3 is 2.51 bits per heavy atom. The van der Waals surface area contributed by atoms with Crippen LogP contribution in [0.2, 0.25) is 0 Å². The Labute approximate surface area is 199 Å². The summed E-state index contributed by atoms with van der Waals surface area (Å²) >= 11 is 0. The monoisotopic (exact) mass is 475 g/mol. The maximum Gasteiger partial charge on any atom is 0.269 e. The third kappa shape index (κ3) is 4.69. The number of anilines is 1. The number of benzene rings is 1. The van der Waals surface area contributed by atoms with Crippen LogP contribution in [-0.4, -0.2) is 44.5 Å². The zero-order chi connectivity index (χ0) is 25.3. The Morgan fingerprint density at radius 2 is 1.86 bits per heavy atom. The zero-order valence-corrected chi connectivity index (χ0v) is 19.2. The molecule has 0 fully saturated rings. The first-order valence-electron chi connectivity index (χ1n) is 10.6. The van der Waals surface area contributed by atoms with Crippen LogP contribution < -0.4 is 16.4 Å². The molecular weight excluding hydrogens is 453 g/mol. The third-order valence-electron chi connectivity index (χ3n) is 5.52. The second-order valence-electron chi connectivity index (χ2n) is 7.86. The van der Waals surface area contributed by atoms with Crippen molar-refractivity contribution in [2.75, 3.05) is 12.4 Å². The fourth-order valence-electron chi connectivity index (χ4n) is 3.66. The van der Waals surface area contributed by atoms with Crippen molar-refractivity contribution in [3.8, 4) is 0 Å². The highest BCUT2D eigenvalue weighted by molar-refractivity contribution is 6.14. The highest BCUT2D eigenvalue weighted by Crippen LogP contribution is 2.25. The van der Waals surface area contributed by atoms with Crippen molar-refractivity contribution in [2.45, 2.75) is 20.4 Å². The molecule has 0 bridgehead atoms. The number of carbonyl (C=O) groups excluding carboxylic acids is 3. The second-order valence-corrected chi connectivity index (χ2v) is 7.86. The van der Waals surface area contributed by atoms with Crippen LogP contribution in [0.5, 0.6) is 0 Å². The van der Waals surface area contributed by atoms with Gasteiger partial charge < -0.3 is 16.4 Å². The highest BCUT2D eigenvalue weighted by atomic mass is 19.1. The first-order valence-corrected chi connectivity index (χ1v) is 10.6. The molecule has 0 aliphatic carbocycles. The molecule has 0 unspecified atom stereocenters. The first-order chi connectivity index (χ1) is 16.7. The smallest absolute Gasteiger partial charge is 0.269 e. The Hall–Kier alpha value is -4.67. The van der Waals surface area contributed by atoms with Crippen LogP contribution in [0.1, 0.15) is 48.3 Å². The van der Waals surface area contributed by atoms with Gasteiger partial charge in [-0.25, -0.2) is 9.37 Å². The van der Waals surface area contributed by atoms with Gasteiger partial charge in [-0.3, -0.25) is 24.0 Å². The number of amides is 3. The molecule has 0 radical (unpaired) electrons. The molecule has 35 heavy (non-hydrogen) atoms. The van der Waals surface area contributed by atoms with Crippen molar-refractivity contribution < 1.29 is 18.8 Å². The molecule has 11 heteroatoms. The molecule has 178 valence electrons. The van der Waals surface area contributed by atoms with Gasteiger partial charge in [0.2, 0.25) is 5.91 Å². The van der Waals surface area contributed by atoms with Crippen LogP contribution in [0.15, 0.2) is 42.6 Å². The van der Waals surface area contributed by atoms with Crippen molar-refractivity contribution >= 4 is 34.3 Å². The predicted molar refractivity (Wildman–Crippen MR) is 127 cm³/mol. The van der Waals surface area contributed by atoms with Gasteiger partial charge in [0, 0.05) is 18.6 Å². The number of nitrogens with zero attached hydrogens (tertiary/aromatic N) is 4. The average molecular weight is 475 g/mol. The van der Waals surface area contributed by atoms with Gasteiger partial charge in [0.25, 0.3) is 11.8 Å². The summed E-state index contributed by atoms with van der Waals surface area (Å²) in [5.74, 6) is -2.11. The van der Waals surface area contributed by atoms with Gasteiger partial charge in [0.1, 0.15) is 11.5 Å². The lowest BCUT2D eigenvalue weighted by molar-refractivity contribution is 0.0957. The van der Waals surface area contributed by atoms with E-state index >= 15 is 0 Å². The maximum absolute atomic E-state index is 14.0. The Kier molecular flexibility index (Phi) is 6.24. The number of hydrogen-bond donors (Lipinski definition) is 3. The SMILES string of the molecule is CNC(=O)c1cc(C(=O)Nc2c(C)nn(Cc3ccc(C(N)=O)cn3)c2C)c2cc(F)ccc2n1. The Morgan fingerprint density at radius 1 is 1.09 bits per heavy atom. The molecule has 0 saturated heterocycles. The summed E-state index contributed by atoms with van der Waals surface area (Å²) in [5.41, 5.74) is 8.33. The summed E-state index contributed by atoms with van der Waals surface area (Å²) in [6.45, 7) is 3.82. The molecule has 4 N–H and O–H groups in total. The summed E-state index contributed by atoms with van der Waals surface area (Å²) < 4.78 is 15.6. The summed E-state index contributed by atoms with van der Waals surface area (Å²) in [6, 6.07) is 8.42. The number of hydrogen-bond acceptors (Lipinski definition) is 6. The number of nitrogens with one attached hydrogen (secondary N) is 2. The van der Waals surface area contributed by atoms with E-state index in [4.69, 9.17) is 5.73 Å². The second kappa shape index (κ2) is 9.29. The van der Waals surface area contributed by atoms with Crippen LogP contribution in [0, 0.1) is 19.7 Å². The lowest BCUT2D eigenvalue weighted by Crippen LogP contribution is -2.21. The molecule has 0 saturated carbocycles. The highest BCUT2D eigenvalue weighted by Gasteiger charge is 2.20. The minimum absolute atomic E-state index is 0.0337. The Balaban J connectivity index is 1.66. The van der Waals surface area contributed by atoms with Crippen molar-refractivity contribution in [3.05, 3.63) is 82.3 Å². The minimum atomic E-state index is -0.566. The van der Waals surface area contributed by atoms with Gasteiger partial charge in [-0.1, -0.05) is 0 Å². The van der Waals surface area contributed by atoms with Gasteiger partial charge in [0.05, 0.1) is 46.0 Å². The van der Waals surface area contributed by atoms with Crippen LogP contribution in [-0.2, 0) is 6.54 Å². The predicted octanol–water partition coefficient (Wildman–Crippen LogP) is 2.34. The number of aryl methyl sites for hydroxylation is 1. The standard InChI is InChI=1S/C24H22FN7O3/c1-12-21(13(2)32(31-12)11-16-6-4-14(10-28-16)22(26)33)30-23(34)18-9-20(24(35)27-3)29-19-7-5-15(25)8-17(18)19/h4-10H,11H2,1-3H3,(H2,26,33)(H,27,35)(H,30,34). The average Bonchev–Trinajstić information content (AvgIpc) is 3.10. The van der Waals surface area contributed by atoms with Gasteiger partial charge >= 0.3 is 0 Å². The van der Waals surface area contributed by atoms with Crippen molar-refractivity contribution in [3.63, 3.8) is 0 Å². The normalized spacial score (nSPS) is 10.9. The number of pyridine rings is 2. The summed E-state index contributed by atoms with van der Waals surface area (Å²) in [7, 11) is 1.45. The molecule has 3 aromatic heterocycles. The molecule has 0 atom stereocenters. The quantitative estimate of drug-likeness (QED) is 0.390. The maximum atomic E-state index is 14.0. The molecule has 10 nitrogen and oxygen atoms in total. The van der Waals surface area contributed by atoms with Crippen molar-refractivity contribution in [1.29, 1.82) is 0 Å². The first kappa shape index (κ1) is 23.5. The number of aromatic nitrogens is 4. The van der Waals surface area contributed by atoms with E-state index in [-0.39, 0.29) is 16.6 Å². The molecule has 0 aliphatic heterocycles. The Bertz CT molecular complexity index is 1480. The fourth-order valence-corrected chi connectivity index (χ4v) is 3.66. The van der Waals surface area contributed by atoms with Gasteiger partial charge in [0.15, 0.2) is 0 Å². The van der Waals surface area contributed by atoms with E-state index in [1.54, 1.807) is 30.7 Å². The molecule has 0 spiro atoms. The summed E-state index contributed by atoms with van der Waals surface area (Å²) in [6.07, 6.45) is 1.39. The fraction of sp³-hybridized carbons (Fsp3) is 0.167. The van der Waals surface area contributed by atoms with E-state index < -0.39 is 23.5 Å². The lowest BCUT2D eigenvalue weighted by atomic mass is 10.1. The molecule has 3 heterocycles. The zero-order valence-electron chi connectivity index (χ0n) is 19.2. The number of carbonyl (C=O) groups is 3. The molecule has 4 aromatic rings. The van der Waals surface area contributed by atoms with Crippen LogP contribution in [0.25, 0.3) is 10.9 Å². The van der Waals surface area contributed by atoms with Gasteiger partial charge in [-0.15, -0.1) is 0 Å². The third-order valence-corrected chi connectivity index (χ3v) is 5.52. The minimum Gasteiger partial charge on any atom is -0.366 e. The summed E-state index contributed by atoms with van der Waals surface area (Å²) in [4.78, 5) is 45.2. The van der Waals surface area contributed by atoms with Gasteiger partial charge in [-0.05, 0) is 50.2 Å². The topological polar surface area (TPSA) is 145 Å². The molecule has 1 aromatic carbocycles. The van der Waals surface area contributed by atoms with Crippen LogP contribution >= 0.6 is 0 Å². The van der Waals surface area contributed by atoms with Crippen LogP contribution in [0.3, 0.4) is 0 Å². The van der Waals surface area contributed by atoms with E-state index in [0.29, 0.717) is 40.4 Å². The van der Waals surface area contributed by atoms with Crippen LogP contribution in [0.4, 0.5) is 10.1 Å². The molecule has 0 aliphatic rings. The molecule has 3 amide bonds. The van der Waals surface area contributed by atoms with E-state index in [2.05, 4.69) is 25.7 Å². The van der Waals surface area contributed by atoms with E-state index in [0.717, 1.165) is 0 Å². The van der Waals surface area contributed by atoms with Gasteiger partial charge in [-0.2, -0.15) is 5.10 Å². The van der Waals surface area contributed by atoms with E-state index in [1.807, 2.05) is 0 Å².